The lowest BCUT2D eigenvalue weighted by atomic mass is 9.83. The second-order valence-corrected chi connectivity index (χ2v) is 5.79. The molecule has 0 saturated carbocycles. The Morgan fingerprint density at radius 3 is 2.35 bits per heavy atom. The van der Waals surface area contributed by atoms with Crippen LogP contribution in [0.25, 0.3) is 0 Å². The van der Waals surface area contributed by atoms with Gasteiger partial charge in [-0.05, 0) is 30.3 Å². The number of rotatable bonds is 8. The van der Waals surface area contributed by atoms with E-state index < -0.39 is 7.12 Å². The molecule has 0 aromatic heterocycles. The molecule has 0 aliphatic carbocycles. The third-order valence-electron chi connectivity index (χ3n) is 4.01. The number of nitrogens with two attached hydrogens (primary N) is 1. The molecule has 0 unspecified atom stereocenters. The van der Waals surface area contributed by atoms with E-state index in [4.69, 9.17) is 15.8 Å². The molecular weight excluding hydrogens is 251 g/mol. The van der Waals surface area contributed by atoms with Gasteiger partial charge in [0.25, 0.3) is 0 Å². The summed E-state index contributed by atoms with van der Waals surface area (Å²) in [6.45, 7) is 3.12. The van der Waals surface area contributed by atoms with Gasteiger partial charge >= 0.3 is 7.12 Å². The lowest BCUT2D eigenvalue weighted by Crippen LogP contribution is -2.27. The zero-order valence-electron chi connectivity index (χ0n) is 12.0. The minimum Gasteiger partial charge on any atom is -0.427 e. The van der Waals surface area contributed by atoms with Crippen molar-refractivity contribution in [1.82, 2.24) is 4.90 Å². The molecule has 1 aromatic carbocycles. The highest BCUT2D eigenvalue weighted by Gasteiger charge is 2.18. The summed E-state index contributed by atoms with van der Waals surface area (Å²) < 4.78 is 0. The fourth-order valence-electron chi connectivity index (χ4n) is 2.79. The van der Waals surface area contributed by atoms with Gasteiger partial charge in [0.1, 0.15) is 0 Å². The molecule has 0 bridgehead atoms. The zero-order valence-corrected chi connectivity index (χ0v) is 12.0. The van der Waals surface area contributed by atoms with Crippen LogP contribution in [0.5, 0.6) is 0 Å². The number of hydrogen-bond acceptors (Lipinski definition) is 4. The van der Waals surface area contributed by atoms with E-state index in [1.165, 1.54) is 11.1 Å². The van der Waals surface area contributed by atoms with Crippen molar-refractivity contribution in [1.29, 1.82) is 0 Å². The topological polar surface area (TPSA) is 69.7 Å². The molecule has 0 radical (unpaired) electrons. The lowest BCUT2D eigenvalue weighted by molar-refractivity contribution is 0.269. The van der Waals surface area contributed by atoms with Crippen LogP contribution in [0.3, 0.4) is 0 Å². The van der Waals surface area contributed by atoms with Gasteiger partial charge in [-0.25, -0.2) is 0 Å². The fraction of sp³-hybridized carbons (Fsp3) is 0.600. The Morgan fingerprint density at radius 2 is 1.75 bits per heavy atom. The van der Waals surface area contributed by atoms with Crippen LogP contribution in [0.1, 0.15) is 36.8 Å². The molecule has 4 nitrogen and oxygen atoms in total. The molecule has 0 fully saturated rings. The minimum atomic E-state index is -1.17. The van der Waals surface area contributed by atoms with E-state index in [1.807, 2.05) is 0 Å². The van der Waals surface area contributed by atoms with Gasteiger partial charge in [0.15, 0.2) is 0 Å². The Morgan fingerprint density at radius 1 is 1.10 bits per heavy atom. The number of nitrogens with zero attached hydrogens (tertiary/aromatic N) is 1. The van der Waals surface area contributed by atoms with E-state index in [9.17, 15) is 0 Å². The summed E-state index contributed by atoms with van der Waals surface area (Å²) in [5.41, 5.74) is 9.01. The highest BCUT2D eigenvalue weighted by molar-refractivity contribution is 6.40. The standard InChI is InChI=1S/C15H25BN2O2/c17-15(7-3-4-9-16(19)20)8-10-18-11-13-5-1-2-6-14(13)12-18/h1-2,5-6,15,19-20H,3-4,7-12,17H2/t15-/m1/s1. The Hall–Kier alpha value is -0.875. The van der Waals surface area contributed by atoms with E-state index in [2.05, 4.69) is 29.2 Å². The molecule has 110 valence electrons. The van der Waals surface area contributed by atoms with Gasteiger partial charge in [-0.2, -0.15) is 0 Å². The quantitative estimate of drug-likeness (QED) is 0.495. The predicted molar refractivity (Wildman–Crippen MR) is 82.0 cm³/mol. The first-order valence-corrected chi connectivity index (χ1v) is 7.56. The van der Waals surface area contributed by atoms with Gasteiger partial charge in [-0.15, -0.1) is 0 Å². The number of fused-ring (bicyclic) bond motifs is 1. The molecule has 0 saturated heterocycles. The average Bonchev–Trinajstić information content (AvgIpc) is 2.84. The Labute approximate surface area is 121 Å². The van der Waals surface area contributed by atoms with E-state index in [0.717, 1.165) is 45.3 Å². The molecule has 20 heavy (non-hydrogen) atoms. The molecule has 1 heterocycles. The molecular formula is C15H25BN2O2. The SMILES string of the molecule is N[C@H](CCCCB(O)O)CCN1Cc2ccccc2C1. The van der Waals surface area contributed by atoms with E-state index in [1.54, 1.807) is 0 Å². The number of hydrogen-bond donors (Lipinski definition) is 3. The molecule has 4 N–H and O–H groups in total. The van der Waals surface area contributed by atoms with Gasteiger partial charge in [0, 0.05) is 25.7 Å². The van der Waals surface area contributed by atoms with E-state index in [0.29, 0.717) is 6.32 Å². The first-order valence-electron chi connectivity index (χ1n) is 7.56. The summed E-state index contributed by atoms with van der Waals surface area (Å²) in [6.07, 6.45) is 4.23. The van der Waals surface area contributed by atoms with Crippen molar-refractivity contribution < 1.29 is 10.0 Å². The molecule has 5 heteroatoms. The number of unbranched alkanes of at least 4 members (excludes halogenated alkanes) is 1. The van der Waals surface area contributed by atoms with Crippen LogP contribution in [0.4, 0.5) is 0 Å². The predicted octanol–water partition coefficient (Wildman–Crippen LogP) is 1.36. The third kappa shape index (κ3) is 4.91. The molecule has 2 rings (SSSR count). The van der Waals surface area contributed by atoms with Gasteiger partial charge < -0.3 is 15.8 Å². The first kappa shape index (κ1) is 15.5. The zero-order chi connectivity index (χ0) is 14.4. The van der Waals surface area contributed by atoms with Crippen LogP contribution >= 0.6 is 0 Å². The van der Waals surface area contributed by atoms with Gasteiger partial charge in [0.05, 0.1) is 0 Å². The largest absolute Gasteiger partial charge is 0.451 e. The Bertz CT molecular complexity index is 390. The van der Waals surface area contributed by atoms with Crippen molar-refractivity contribution >= 4 is 7.12 Å². The maximum absolute atomic E-state index is 8.77. The van der Waals surface area contributed by atoms with Crippen LogP contribution in [-0.2, 0) is 13.1 Å². The van der Waals surface area contributed by atoms with Crippen molar-refractivity contribution in [2.24, 2.45) is 5.73 Å². The maximum Gasteiger partial charge on any atom is 0.451 e. The van der Waals surface area contributed by atoms with Crippen LogP contribution in [-0.4, -0.2) is 34.7 Å². The van der Waals surface area contributed by atoms with Crippen molar-refractivity contribution in [3.63, 3.8) is 0 Å². The molecule has 1 aliphatic rings. The summed E-state index contributed by atoms with van der Waals surface area (Å²) in [7, 11) is -1.17. The van der Waals surface area contributed by atoms with Crippen LogP contribution in [0, 0.1) is 0 Å². The lowest BCUT2D eigenvalue weighted by Gasteiger charge is -2.18. The Kier molecular flexibility index (Phi) is 6.04. The molecule has 1 atom stereocenters. The number of benzene rings is 1. The van der Waals surface area contributed by atoms with Crippen molar-refractivity contribution in [2.45, 2.75) is 51.1 Å². The van der Waals surface area contributed by atoms with Gasteiger partial charge in [-0.3, -0.25) is 4.90 Å². The molecule has 1 aliphatic heterocycles. The van der Waals surface area contributed by atoms with Crippen molar-refractivity contribution in [3.8, 4) is 0 Å². The van der Waals surface area contributed by atoms with Crippen LogP contribution < -0.4 is 5.73 Å². The fourth-order valence-corrected chi connectivity index (χ4v) is 2.79. The third-order valence-corrected chi connectivity index (χ3v) is 4.01. The highest BCUT2D eigenvalue weighted by atomic mass is 16.4. The van der Waals surface area contributed by atoms with E-state index in [-0.39, 0.29) is 6.04 Å². The summed E-state index contributed by atoms with van der Waals surface area (Å²) in [4.78, 5) is 2.45. The normalized spacial score (nSPS) is 16.1. The molecule has 1 aromatic rings. The van der Waals surface area contributed by atoms with Gasteiger partial charge in [0.2, 0.25) is 0 Å². The summed E-state index contributed by atoms with van der Waals surface area (Å²) in [5.74, 6) is 0. The molecule has 0 spiro atoms. The second-order valence-electron chi connectivity index (χ2n) is 5.79. The van der Waals surface area contributed by atoms with E-state index >= 15 is 0 Å². The maximum atomic E-state index is 8.77. The van der Waals surface area contributed by atoms with Crippen molar-refractivity contribution in [2.75, 3.05) is 6.54 Å². The first-order chi connectivity index (χ1) is 9.65. The van der Waals surface area contributed by atoms with Gasteiger partial charge in [-0.1, -0.05) is 37.1 Å². The smallest absolute Gasteiger partial charge is 0.427 e. The van der Waals surface area contributed by atoms with Crippen molar-refractivity contribution in [3.05, 3.63) is 35.4 Å². The summed E-state index contributed by atoms with van der Waals surface area (Å²) in [6, 6.07) is 8.83. The Balaban J connectivity index is 1.59. The van der Waals surface area contributed by atoms with Crippen LogP contribution in [0.15, 0.2) is 24.3 Å². The van der Waals surface area contributed by atoms with Crippen LogP contribution in [0.2, 0.25) is 6.32 Å². The molecule has 0 amide bonds. The monoisotopic (exact) mass is 276 g/mol. The summed E-state index contributed by atoms with van der Waals surface area (Å²) in [5, 5.41) is 17.5. The second kappa shape index (κ2) is 7.79. The minimum absolute atomic E-state index is 0.217. The summed E-state index contributed by atoms with van der Waals surface area (Å²) >= 11 is 0. The average molecular weight is 276 g/mol. The highest BCUT2D eigenvalue weighted by Crippen LogP contribution is 2.22.